The number of rotatable bonds is 5. The first-order valence-corrected chi connectivity index (χ1v) is 9.65. The number of esters is 1. The Kier molecular flexibility index (Phi) is 4.66. The van der Waals surface area contributed by atoms with Crippen molar-refractivity contribution in [2.45, 2.75) is 19.8 Å². The van der Waals surface area contributed by atoms with Crippen molar-refractivity contribution in [3.05, 3.63) is 52.6 Å². The molecule has 0 aromatic heterocycles. The summed E-state index contributed by atoms with van der Waals surface area (Å²) in [5.41, 5.74) is 3.46. The first-order valence-electron chi connectivity index (χ1n) is 9.65. The normalized spacial score (nSPS) is 13.8. The lowest BCUT2D eigenvalue weighted by atomic mass is 9.87. The van der Waals surface area contributed by atoms with Crippen LogP contribution in [0, 0.1) is 12.3 Å². The zero-order valence-corrected chi connectivity index (χ0v) is 16.4. The van der Waals surface area contributed by atoms with Crippen LogP contribution in [0.4, 0.5) is 0 Å². The minimum absolute atomic E-state index is 0.00924. The van der Waals surface area contributed by atoms with Gasteiger partial charge >= 0.3 is 5.97 Å². The second-order valence-electron chi connectivity index (χ2n) is 7.18. The summed E-state index contributed by atoms with van der Waals surface area (Å²) in [4.78, 5) is 12.8. The Hall–Kier alpha value is -3.73. The third kappa shape index (κ3) is 2.96. The highest BCUT2D eigenvalue weighted by Gasteiger charge is 2.33. The number of cyclic esters (lactones) is 1. The Bertz CT molecular complexity index is 1270. The molecule has 0 saturated carbocycles. The van der Waals surface area contributed by atoms with Gasteiger partial charge in [0, 0.05) is 16.5 Å². The summed E-state index contributed by atoms with van der Waals surface area (Å²) in [5, 5.41) is 21.0. The number of ether oxygens (including phenoxy) is 4. The molecule has 0 bridgehead atoms. The van der Waals surface area contributed by atoms with Gasteiger partial charge in [0.15, 0.2) is 11.5 Å². The minimum atomic E-state index is -0.466. The predicted octanol–water partition coefficient (Wildman–Crippen LogP) is 2.90. The summed E-state index contributed by atoms with van der Waals surface area (Å²) in [7, 11) is 0. The largest absolute Gasteiger partial charge is 0.480 e. The van der Waals surface area contributed by atoms with E-state index < -0.39 is 5.97 Å². The van der Waals surface area contributed by atoms with Crippen molar-refractivity contribution in [3.8, 4) is 40.7 Å². The molecule has 0 spiro atoms. The van der Waals surface area contributed by atoms with Crippen LogP contribution in [0.5, 0.6) is 17.2 Å². The molecule has 156 valence electrons. The summed E-state index contributed by atoms with van der Waals surface area (Å²) in [6.07, 6.45) is 5.40. The van der Waals surface area contributed by atoms with Crippen LogP contribution >= 0.6 is 0 Å². The van der Waals surface area contributed by atoms with Crippen LogP contribution in [0.25, 0.3) is 21.9 Å². The van der Waals surface area contributed by atoms with Gasteiger partial charge in [-0.25, -0.2) is 4.79 Å². The third-order valence-corrected chi connectivity index (χ3v) is 5.53. The van der Waals surface area contributed by atoms with E-state index in [4.69, 9.17) is 25.4 Å². The Balaban J connectivity index is 1.89. The van der Waals surface area contributed by atoms with E-state index in [0.29, 0.717) is 55.8 Å². The fourth-order valence-electron chi connectivity index (χ4n) is 4.14. The van der Waals surface area contributed by atoms with Gasteiger partial charge in [-0.1, -0.05) is 12.0 Å². The molecule has 5 rings (SSSR count). The van der Waals surface area contributed by atoms with Crippen LogP contribution in [0.1, 0.15) is 27.0 Å². The van der Waals surface area contributed by atoms with Crippen molar-refractivity contribution >= 4 is 16.7 Å². The van der Waals surface area contributed by atoms with Crippen LogP contribution < -0.4 is 14.2 Å². The Morgan fingerprint density at radius 3 is 2.45 bits per heavy atom. The van der Waals surface area contributed by atoms with Gasteiger partial charge in [-0.15, -0.1) is 6.42 Å². The summed E-state index contributed by atoms with van der Waals surface area (Å²) in [5.74, 6) is 3.62. The molecule has 31 heavy (non-hydrogen) atoms. The standard InChI is InChI=1S/C24H18O7/c1-2-5-28-23-17-7-15(10-26)14(9-25)6-16(17)21(22-18(23)11-29-24(22)27)13-3-4-19-20(8-13)31-12-30-19/h1,3-4,6-8,25-26H,5,9-12H2. The molecule has 0 aliphatic carbocycles. The quantitative estimate of drug-likeness (QED) is 0.486. The summed E-state index contributed by atoms with van der Waals surface area (Å²) >= 11 is 0. The molecular formula is C24H18O7. The zero-order chi connectivity index (χ0) is 21.5. The number of benzene rings is 3. The van der Waals surface area contributed by atoms with Crippen LogP contribution in [-0.2, 0) is 24.6 Å². The Morgan fingerprint density at radius 2 is 1.71 bits per heavy atom. The topological polar surface area (TPSA) is 94.5 Å². The average molecular weight is 418 g/mol. The monoisotopic (exact) mass is 418 g/mol. The lowest BCUT2D eigenvalue weighted by Gasteiger charge is -2.18. The molecule has 2 N–H and O–H groups in total. The first-order chi connectivity index (χ1) is 15.2. The number of aliphatic hydroxyl groups is 2. The van der Waals surface area contributed by atoms with Gasteiger partial charge in [0.1, 0.15) is 19.0 Å². The highest BCUT2D eigenvalue weighted by molar-refractivity contribution is 6.13. The number of aliphatic hydroxyl groups excluding tert-OH is 2. The number of carbonyl (C=O) groups excluding carboxylic acids is 1. The van der Waals surface area contributed by atoms with Crippen LogP contribution in [0.2, 0.25) is 0 Å². The molecule has 7 heteroatoms. The lowest BCUT2D eigenvalue weighted by molar-refractivity contribution is 0.0534. The number of terminal acetylenes is 1. The maximum atomic E-state index is 12.8. The van der Waals surface area contributed by atoms with Gasteiger partial charge < -0.3 is 29.2 Å². The molecule has 2 aliphatic rings. The maximum absolute atomic E-state index is 12.8. The smallest absolute Gasteiger partial charge is 0.339 e. The molecule has 7 nitrogen and oxygen atoms in total. The zero-order valence-electron chi connectivity index (χ0n) is 16.4. The summed E-state index contributed by atoms with van der Waals surface area (Å²) < 4.78 is 22.1. The average Bonchev–Trinajstić information content (AvgIpc) is 3.42. The van der Waals surface area contributed by atoms with Crippen molar-refractivity contribution in [2.24, 2.45) is 0 Å². The number of carbonyl (C=O) groups is 1. The Morgan fingerprint density at radius 1 is 0.968 bits per heavy atom. The van der Waals surface area contributed by atoms with E-state index in [1.807, 2.05) is 12.1 Å². The third-order valence-electron chi connectivity index (χ3n) is 5.53. The van der Waals surface area contributed by atoms with Crippen molar-refractivity contribution in [3.63, 3.8) is 0 Å². The first kappa shape index (κ1) is 19.2. The number of fused-ring (bicyclic) bond motifs is 3. The van der Waals surface area contributed by atoms with E-state index >= 15 is 0 Å². The molecule has 2 heterocycles. The van der Waals surface area contributed by atoms with E-state index in [2.05, 4.69) is 5.92 Å². The molecule has 0 radical (unpaired) electrons. The van der Waals surface area contributed by atoms with Gasteiger partial charge in [0.25, 0.3) is 0 Å². The van der Waals surface area contributed by atoms with E-state index in [-0.39, 0.29) is 33.2 Å². The van der Waals surface area contributed by atoms with E-state index in [9.17, 15) is 15.0 Å². The van der Waals surface area contributed by atoms with Crippen LogP contribution in [0.3, 0.4) is 0 Å². The molecule has 0 atom stereocenters. The predicted molar refractivity (Wildman–Crippen MR) is 111 cm³/mol. The molecule has 0 amide bonds. The van der Waals surface area contributed by atoms with Crippen molar-refractivity contribution < 1.29 is 34.0 Å². The minimum Gasteiger partial charge on any atom is -0.480 e. The Labute approximate surface area is 177 Å². The highest BCUT2D eigenvalue weighted by atomic mass is 16.7. The fourth-order valence-corrected chi connectivity index (χ4v) is 4.14. The van der Waals surface area contributed by atoms with E-state index in [1.54, 1.807) is 18.2 Å². The van der Waals surface area contributed by atoms with Crippen molar-refractivity contribution in [2.75, 3.05) is 13.4 Å². The van der Waals surface area contributed by atoms with Gasteiger partial charge in [0.05, 0.1) is 18.8 Å². The highest BCUT2D eigenvalue weighted by Crippen LogP contribution is 2.47. The lowest BCUT2D eigenvalue weighted by Crippen LogP contribution is -2.05. The van der Waals surface area contributed by atoms with Crippen molar-refractivity contribution in [1.29, 1.82) is 0 Å². The van der Waals surface area contributed by atoms with Gasteiger partial charge in [-0.2, -0.15) is 0 Å². The van der Waals surface area contributed by atoms with E-state index in [1.165, 1.54) is 0 Å². The van der Waals surface area contributed by atoms with Crippen LogP contribution in [-0.4, -0.2) is 29.6 Å². The molecule has 2 aliphatic heterocycles. The molecule has 0 unspecified atom stereocenters. The van der Waals surface area contributed by atoms with Crippen molar-refractivity contribution in [1.82, 2.24) is 0 Å². The molecule has 0 saturated heterocycles. The number of hydrogen-bond acceptors (Lipinski definition) is 7. The second kappa shape index (κ2) is 7.51. The molecule has 0 fully saturated rings. The SMILES string of the molecule is C#CCOc1c2c(c(-c3ccc4c(c3)OCO4)c3cc(CO)c(CO)cc13)C(=O)OC2. The second-order valence-corrected chi connectivity index (χ2v) is 7.18. The van der Waals surface area contributed by atoms with Gasteiger partial charge in [-0.3, -0.25) is 0 Å². The van der Waals surface area contributed by atoms with Gasteiger partial charge in [0.2, 0.25) is 6.79 Å². The van der Waals surface area contributed by atoms with Crippen LogP contribution in [0.15, 0.2) is 30.3 Å². The molecule has 3 aromatic rings. The molecule has 3 aromatic carbocycles. The van der Waals surface area contributed by atoms with Gasteiger partial charge in [-0.05, 0) is 46.3 Å². The fraction of sp³-hybridized carbons (Fsp3) is 0.208. The summed E-state index contributed by atoms with van der Waals surface area (Å²) in [6.45, 7) is -0.332. The molecular weight excluding hydrogens is 400 g/mol. The number of hydrogen-bond donors (Lipinski definition) is 2. The van der Waals surface area contributed by atoms with E-state index in [0.717, 1.165) is 5.56 Å². The summed E-state index contributed by atoms with van der Waals surface area (Å²) in [6, 6.07) is 8.95. The maximum Gasteiger partial charge on any atom is 0.339 e.